The number of nitrogens with two attached hydrogens (primary N) is 2. The molecule has 4 atom stereocenters. The molecule has 6 rings (SSSR count). The van der Waals surface area contributed by atoms with Crippen LogP contribution in [-0.4, -0.2) is 29.1 Å². The Morgan fingerprint density at radius 1 is 1.18 bits per heavy atom. The van der Waals surface area contributed by atoms with Crippen molar-refractivity contribution in [2.45, 2.75) is 44.0 Å². The van der Waals surface area contributed by atoms with Gasteiger partial charge in [0.2, 0.25) is 11.8 Å². The number of para-hydroxylation sites is 1. The number of fused-ring (bicyclic) bond motifs is 4. The maximum absolute atomic E-state index is 12.9. The molecule has 0 saturated heterocycles. The summed E-state index contributed by atoms with van der Waals surface area (Å²) in [7, 11) is 0. The minimum atomic E-state index is -0.994. The zero-order chi connectivity index (χ0) is 23.8. The molecule has 2 amide bonds. The van der Waals surface area contributed by atoms with Gasteiger partial charge in [0.15, 0.2) is 17.7 Å². The van der Waals surface area contributed by atoms with Gasteiger partial charge >= 0.3 is 0 Å². The summed E-state index contributed by atoms with van der Waals surface area (Å²) in [6.45, 7) is 3.87. The van der Waals surface area contributed by atoms with Crippen LogP contribution in [-0.2, 0) is 16.6 Å². The Morgan fingerprint density at radius 3 is 2.74 bits per heavy atom. The number of primary amides is 1. The fourth-order valence-electron chi connectivity index (χ4n) is 5.38. The van der Waals surface area contributed by atoms with Gasteiger partial charge in [-0.2, -0.15) is 0 Å². The van der Waals surface area contributed by atoms with Crippen LogP contribution in [0.25, 0.3) is 0 Å². The summed E-state index contributed by atoms with van der Waals surface area (Å²) in [6.07, 6.45) is -0.229. The maximum atomic E-state index is 12.9. The minimum absolute atomic E-state index is 0.0174. The maximum Gasteiger partial charge on any atom is 0.271 e. The minimum Gasteiger partial charge on any atom is -0.469 e. The van der Waals surface area contributed by atoms with Crippen LogP contribution >= 0.6 is 0 Å². The van der Waals surface area contributed by atoms with Crippen molar-refractivity contribution in [1.82, 2.24) is 10.3 Å². The predicted octanol–water partition coefficient (Wildman–Crippen LogP) is 1.95. The van der Waals surface area contributed by atoms with Gasteiger partial charge in [-0.3, -0.25) is 9.59 Å². The first-order valence-corrected chi connectivity index (χ1v) is 11.3. The third-order valence-electron chi connectivity index (χ3n) is 7.00. The lowest BCUT2D eigenvalue weighted by molar-refractivity contribution is -0.123. The van der Waals surface area contributed by atoms with Crippen molar-refractivity contribution in [2.75, 3.05) is 5.32 Å². The van der Waals surface area contributed by atoms with Crippen molar-refractivity contribution in [3.63, 3.8) is 0 Å². The first-order chi connectivity index (χ1) is 16.3. The number of carbonyl (C=O) groups is 2. The number of hydrogen-bond acceptors (Lipinski definition) is 7. The Morgan fingerprint density at radius 2 is 1.97 bits per heavy atom. The molecule has 4 heterocycles. The van der Waals surface area contributed by atoms with Crippen LogP contribution in [0, 0.1) is 5.92 Å². The smallest absolute Gasteiger partial charge is 0.271 e. The number of benzene rings is 2. The van der Waals surface area contributed by atoms with E-state index >= 15 is 0 Å². The lowest BCUT2D eigenvalue weighted by Crippen LogP contribution is -2.45. The highest BCUT2D eigenvalue weighted by atomic mass is 16.5. The van der Waals surface area contributed by atoms with Crippen LogP contribution in [0.3, 0.4) is 0 Å². The first kappa shape index (κ1) is 20.7. The molecule has 9 heteroatoms. The van der Waals surface area contributed by atoms with Gasteiger partial charge in [0, 0.05) is 11.3 Å². The summed E-state index contributed by atoms with van der Waals surface area (Å²) >= 11 is 0. The Labute approximate surface area is 195 Å². The Balaban J connectivity index is 1.72. The van der Waals surface area contributed by atoms with E-state index in [1.54, 1.807) is 0 Å². The predicted molar refractivity (Wildman–Crippen MR) is 123 cm³/mol. The average molecular weight is 460 g/mol. The van der Waals surface area contributed by atoms with Gasteiger partial charge in [0.05, 0.1) is 6.04 Å². The standard InChI is InChI=1S/C25H25N5O4/c1-11(2)18-23-30-19(21(27)31)20(34-23)25-13-5-3-4-6-16(13)28-24(25)33-17-8-7-12(9-14(17)25)10-15(26)22(32)29-18/h3-9,11,15,18,24,28H,10,26H2,1-2H3,(H2,27,31)(H,29,32)/t15-,18-,24-,25?/m0/s1. The fourth-order valence-corrected chi connectivity index (χ4v) is 5.38. The van der Waals surface area contributed by atoms with Crippen molar-refractivity contribution >= 4 is 17.5 Å². The van der Waals surface area contributed by atoms with E-state index in [-0.39, 0.29) is 23.4 Å². The third-order valence-corrected chi connectivity index (χ3v) is 7.00. The number of nitrogens with one attached hydrogen (secondary N) is 2. The SMILES string of the molecule is CC(C)[C@@H]1NC(=O)[C@@H](N)Cc2ccc3c(c2)C2(c4ccccc4N[C@H]2O3)c2oc1nc2C(N)=O. The Bertz CT molecular complexity index is 1350. The van der Waals surface area contributed by atoms with E-state index in [0.29, 0.717) is 17.9 Å². The summed E-state index contributed by atoms with van der Waals surface area (Å²) in [4.78, 5) is 30.1. The van der Waals surface area contributed by atoms with Crippen LogP contribution < -0.4 is 26.8 Å². The second kappa shape index (κ2) is 7.07. The van der Waals surface area contributed by atoms with Crippen LogP contribution in [0.5, 0.6) is 5.75 Å². The normalized spacial score (nSPS) is 26.5. The van der Waals surface area contributed by atoms with Crippen molar-refractivity contribution in [2.24, 2.45) is 17.4 Å². The van der Waals surface area contributed by atoms with Gasteiger partial charge in [-0.15, -0.1) is 0 Å². The third kappa shape index (κ3) is 2.67. The molecule has 0 fully saturated rings. The number of anilines is 1. The van der Waals surface area contributed by atoms with Crippen LogP contribution in [0.4, 0.5) is 5.69 Å². The van der Waals surface area contributed by atoms with Gasteiger partial charge < -0.3 is 31.3 Å². The number of nitrogens with zero attached hydrogens (tertiary/aromatic N) is 1. The highest BCUT2D eigenvalue weighted by molar-refractivity contribution is 5.93. The number of hydrogen-bond donors (Lipinski definition) is 4. The second-order valence-electron chi connectivity index (χ2n) is 9.46. The molecule has 6 N–H and O–H groups in total. The van der Waals surface area contributed by atoms with Gasteiger partial charge in [0.25, 0.3) is 5.91 Å². The number of oxazole rings is 1. The van der Waals surface area contributed by atoms with Crippen molar-refractivity contribution in [3.05, 3.63) is 76.5 Å². The molecule has 3 aliphatic heterocycles. The Hall–Kier alpha value is -3.85. The topological polar surface area (TPSA) is 146 Å². The molecule has 0 aliphatic carbocycles. The molecule has 2 aromatic carbocycles. The zero-order valence-corrected chi connectivity index (χ0v) is 18.8. The van der Waals surface area contributed by atoms with E-state index in [0.717, 1.165) is 22.4 Å². The van der Waals surface area contributed by atoms with E-state index in [1.807, 2.05) is 56.3 Å². The summed E-state index contributed by atoms with van der Waals surface area (Å²) in [5, 5.41) is 6.39. The summed E-state index contributed by atoms with van der Waals surface area (Å²) < 4.78 is 12.8. The molecule has 4 bridgehead atoms. The van der Waals surface area contributed by atoms with Crippen molar-refractivity contribution < 1.29 is 18.7 Å². The highest BCUT2D eigenvalue weighted by Gasteiger charge is 2.61. The van der Waals surface area contributed by atoms with Crippen LogP contribution in [0.15, 0.2) is 46.9 Å². The molecule has 34 heavy (non-hydrogen) atoms. The molecule has 1 aromatic heterocycles. The van der Waals surface area contributed by atoms with E-state index in [4.69, 9.17) is 20.6 Å². The monoisotopic (exact) mass is 459 g/mol. The quantitative estimate of drug-likeness (QED) is 0.458. The molecular formula is C25H25N5O4. The lowest BCUT2D eigenvalue weighted by Gasteiger charge is -2.28. The molecular weight excluding hydrogens is 434 g/mol. The number of rotatable bonds is 2. The number of amides is 2. The number of carbonyl (C=O) groups excluding carboxylic acids is 2. The zero-order valence-electron chi connectivity index (χ0n) is 18.8. The molecule has 3 aliphatic rings. The largest absolute Gasteiger partial charge is 0.469 e. The summed E-state index contributed by atoms with van der Waals surface area (Å²) in [6, 6.07) is 12.2. The summed E-state index contributed by atoms with van der Waals surface area (Å²) in [5.74, 6) is 0.0472. The van der Waals surface area contributed by atoms with E-state index in [1.165, 1.54) is 0 Å². The fraction of sp³-hybridized carbons (Fsp3) is 0.320. The number of aromatic nitrogens is 1. The van der Waals surface area contributed by atoms with Crippen LogP contribution in [0.1, 0.15) is 58.7 Å². The lowest BCUT2D eigenvalue weighted by atomic mass is 9.72. The highest BCUT2D eigenvalue weighted by Crippen LogP contribution is 2.58. The molecule has 9 nitrogen and oxygen atoms in total. The second-order valence-corrected chi connectivity index (χ2v) is 9.46. The van der Waals surface area contributed by atoms with Gasteiger partial charge in [0.1, 0.15) is 17.2 Å². The average Bonchev–Trinajstić information content (AvgIpc) is 3.45. The first-order valence-electron chi connectivity index (χ1n) is 11.3. The van der Waals surface area contributed by atoms with E-state index in [2.05, 4.69) is 15.6 Å². The van der Waals surface area contributed by atoms with Crippen molar-refractivity contribution in [1.29, 1.82) is 0 Å². The van der Waals surface area contributed by atoms with Gasteiger partial charge in [-0.25, -0.2) is 4.98 Å². The molecule has 1 spiro atoms. The van der Waals surface area contributed by atoms with Crippen LogP contribution in [0.2, 0.25) is 0 Å². The molecule has 0 saturated carbocycles. The Kier molecular flexibility index (Phi) is 4.31. The van der Waals surface area contributed by atoms with E-state index in [9.17, 15) is 9.59 Å². The number of ether oxygens (including phenoxy) is 1. The molecule has 0 radical (unpaired) electrons. The van der Waals surface area contributed by atoms with Gasteiger partial charge in [-0.1, -0.05) is 44.2 Å². The van der Waals surface area contributed by atoms with Gasteiger partial charge in [-0.05, 0) is 35.6 Å². The molecule has 1 unspecified atom stereocenters. The molecule has 3 aromatic rings. The summed E-state index contributed by atoms with van der Waals surface area (Å²) in [5.41, 5.74) is 14.6. The van der Waals surface area contributed by atoms with E-state index < -0.39 is 29.6 Å². The van der Waals surface area contributed by atoms with Crippen molar-refractivity contribution in [3.8, 4) is 5.75 Å². The molecule has 174 valence electrons.